The Morgan fingerprint density at radius 1 is 1.10 bits per heavy atom. The largest absolute Gasteiger partial charge is 0.380 e. The van der Waals surface area contributed by atoms with Crippen LogP contribution in [0.4, 0.5) is 5.69 Å². The normalized spacial score (nSPS) is 24.9. The molecule has 1 aliphatic heterocycles. The average molecular weight is 290 g/mol. The third kappa shape index (κ3) is 3.70. The summed E-state index contributed by atoms with van der Waals surface area (Å²) in [6, 6.07) is 9.49. The van der Waals surface area contributed by atoms with Gasteiger partial charge in [0.2, 0.25) is 0 Å². The van der Waals surface area contributed by atoms with Gasteiger partial charge in [-0.15, -0.1) is 11.8 Å². The summed E-state index contributed by atoms with van der Waals surface area (Å²) < 4.78 is 0. The zero-order chi connectivity index (χ0) is 13.8. The number of rotatable bonds is 4. The van der Waals surface area contributed by atoms with Gasteiger partial charge in [-0.1, -0.05) is 25.0 Å². The quantitative estimate of drug-likeness (QED) is 0.893. The van der Waals surface area contributed by atoms with Crippen molar-refractivity contribution in [3.8, 4) is 0 Å². The first-order valence-electron chi connectivity index (χ1n) is 8.02. The van der Waals surface area contributed by atoms with E-state index in [0.29, 0.717) is 6.04 Å². The van der Waals surface area contributed by atoms with Crippen molar-refractivity contribution >= 4 is 17.4 Å². The van der Waals surface area contributed by atoms with Gasteiger partial charge in [0, 0.05) is 28.4 Å². The molecule has 20 heavy (non-hydrogen) atoms. The topological polar surface area (TPSA) is 15.3 Å². The van der Waals surface area contributed by atoms with Crippen LogP contribution in [0.3, 0.4) is 0 Å². The molecule has 3 rings (SSSR count). The van der Waals surface area contributed by atoms with Crippen molar-refractivity contribution in [1.82, 2.24) is 4.90 Å². The molecule has 3 heteroatoms. The average Bonchev–Trinajstić information content (AvgIpc) is 2.94. The molecule has 1 aromatic rings. The second kappa shape index (κ2) is 6.86. The van der Waals surface area contributed by atoms with Gasteiger partial charge in [0.15, 0.2) is 0 Å². The fourth-order valence-corrected chi connectivity index (χ4v) is 4.72. The van der Waals surface area contributed by atoms with Gasteiger partial charge in [0.25, 0.3) is 0 Å². The van der Waals surface area contributed by atoms with Crippen molar-refractivity contribution in [3.05, 3.63) is 24.3 Å². The van der Waals surface area contributed by atoms with Gasteiger partial charge < -0.3 is 10.2 Å². The number of likely N-dealkylation sites (N-methyl/N-ethyl adjacent to an activating group) is 1. The van der Waals surface area contributed by atoms with Crippen molar-refractivity contribution in [2.24, 2.45) is 0 Å². The molecule has 1 saturated carbocycles. The summed E-state index contributed by atoms with van der Waals surface area (Å²) in [6.45, 7) is 2.42. The smallest absolute Gasteiger partial charge is 0.0481 e. The Bertz CT molecular complexity index is 429. The summed E-state index contributed by atoms with van der Waals surface area (Å²) in [5.74, 6) is 0. The molecule has 110 valence electrons. The molecular formula is C17H26N2S. The second-order valence-electron chi connectivity index (χ2n) is 6.27. The highest BCUT2D eigenvalue weighted by Crippen LogP contribution is 2.38. The van der Waals surface area contributed by atoms with E-state index < -0.39 is 0 Å². The van der Waals surface area contributed by atoms with E-state index in [9.17, 15) is 0 Å². The molecule has 1 aliphatic carbocycles. The Kier molecular flexibility index (Phi) is 4.90. The summed E-state index contributed by atoms with van der Waals surface area (Å²) in [5.41, 5.74) is 1.35. The van der Waals surface area contributed by atoms with E-state index >= 15 is 0 Å². The number of likely N-dealkylation sites (tertiary alicyclic amines) is 1. The minimum atomic E-state index is 0.610. The highest BCUT2D eigenvalue weighted by molar-refractivity contribution is 8.00. The van der Waals surface area contributed by atoms with Crippen molar-refractivity contribution < 1.29 is 0 Å². The van der Waals surface area contributed by atoms with Crippen LogP contribution < -0.4 is 5.32 Å². The molecule has 1 heterocycles. The number of hydrogen-bond donors (Lipinski definition) is 1. The minimum Gasteiger partial charge on any atom is -0.380 e. The number of thioether (sulfide) groups is 1. The van der Waals surface area contributed by atoms with Crippen LogP contribution in [-0.2, 0) is 0 Å². The molecule has 2 nitrogen and oxygen atoms in total. The lowest BCUT2D eigenvalue weighted by atomic mass is 10.1. The lowest BCUT2D eigenvalue weighted by Crippen LogP contribution is -2.39. The highest BCUT2D eigenvalue weighted by Gasteiger charge is 2.20. The Labute approximate surface area is 127 Å². The standard InChI is InChI=1S/C17H26N2S/c1-19-12-6-7-14(13-19)18-16-10-4-5-11-17(16)20-15-8-2-3-9-15/h4-5,10-11,14-15,18H,2-3,6-9,12-13H2,1H3. The number of nitrogens with one attached hydrogen (secondary N) is 1. The van der Waals surface area contributed by atoms with Crippen LogP contribution in [0.1, 0.15) is 38.5 Å². The van der Waals surface area contributed by atoms with Crippen LogP contribution in [0.2, 0.25) is 0 Å². The summed E-state index contributed by atoms with van der Waals surface area (Å²) >= 11 is 2.09. The second-order valence-corrected chi connectivity index (χ2v) is 7.61. The molecule has 0 bridgehead atoms. The maximum Gasteiger partial charge on any atom is 0.0481 e. The third-order valence-corrected chi connectivity index (χ3v) is 5.88. The van der Waals surface area contributed by atoms with E-state index in [1.807, 2.05) is 0 Å². The predicted molar refractivity (Wildman–Crippen MR) is 88.7 cm³/mol. The zero-order valence-corrected chi connectivity index (χ0v) is 13.3. The van der Waals surface area contributed by atoms with E-state index in [0.717, 1.165) is 5.25 Å². The fourth-order valence-electron chi connectivity index (χ4n) is 3.38. The first-order valence-corrected chi connectivity index (χ1v) is 8.90. The van der Waals surface area contributed by atoms with E-state index in [4.69, 9.17) is 0 Å². The van der Waals surface area contributed by atoms with E-state index in [1.165, 1.54) is 62.2 Å². The molecular weight excluding hydrogens is 264 g/mol. The minimum absolute atomic E-state index is 0.610. The lowest BCUT2D eigenvalue weighted by molar-refractivity contribution is 0.261. The molecule has 1 aromatic carbocycles. The molecule has 2 fully saturated rings. The Hall–Kier alpha value is -0.670. The highest BCUT2D eigenvalue weighted by atomic mass is 32.2. The lowest BCUT2D eigenvalue weighted by Gasteiger charge is -2.31. The van der Waals surface area contributed by atoms with Crippen LogP contribution in [0.15, 0.2) is 29.2 Å². The van der Waals surface area contributed by atoms with Crippen molar-refractivity contribution in [2.45, 2.75) is 54.7 Å². The molecule has 1 atom stereocenters. The number of piperidine rings is 1. The number of benzene rings is 1. The molecule has 0 radical (unpaired) electrons. The maximum absolute atomic E-state index is 3.79. The molecule has 1 N–H and O–H groups in total. The van der Waals surface area contributed by atoms with Gasteiger partial charge >= 0.3 is 0 Å². The Balaban J connectivity index is 1.65. The molecule has 0 spiro atoms. The Morgan fingerprint density at radius 2 is 1.90 bits per heavy atom. The number of anilines is 1. The molecule has 2 aliphatic rings. The van der Waals surface area contributed by atoms with Gasteiger partial charge in [0.1, 0.15) is 0 Å². The number of para-hydroxylation sites is 1. The van der Waals surface area contributed by atoms with Crippen LogP contribution >= 0.6 is 11.8 Å². The van der Waals surface area contributed by atoms with Crippen LogP contribution in [0.5, 0.6) is 0 Å². The van der Waals surface area contributed by atoms with Crippen LogP contribution in [-0.4, -0.2) is 36.3 Å². The first kappa shape index (κ1) is 14.3. The van der Waals surface area contributed by atoms with Gasteiger partial charge in [0.05, 0.1) is 0 Å². The number of nitrogens with zero attached hydrogens (tertiary/aromatic N) is 1. The van der Waals surface area contributed by atoms with Gasteiger partial charge in [-0.3, -0.25) is 0 Å². The summed E-state index contributed by atoms with van der Waals surface area (Å²) in [5, 5.41) is 4.63. The SMILES string of the molecule is CN1CCCC(Nc2ccccc2SC2CCCC2)C1. The predicted octanol–water partition coefficient (Wildman–Crippen LogP) is 4.23. The van der Waals surface area contributed by atoms with E-state index in [-0.39, 0.29) is 0 Å². The van der Waals surface area contributed by atoms with Gasteiger partial charge in [-0.25, -0.2) is 0 Å². The summed E-state index contributed by atoms with van der Waals surface area (Å²) in [6.07, 6.45) is 8.23. The van der Waals surface area contributed by atoms with Crippen LogP contribution in [0, 0.1) is 0 Å². The Morgan fingerprint density at radius 3 is 2.70 bits per heavy atom. The monoisotopic (exact) mass is 290 g/mol. The van der Waals surface area contributed by atoms with Crippen molar-refractivity contribution in [2.75, 3.05) is 25.5 Å². The zero-order valence-electron chi connectivity index (χ0n) is 12.5. The molecule has 0 amide bonds. The third-order valence-electron chi connectivity index (χ3n) is 4.47. The van der Waals surface area contributed by atoms with Crippen LogP contribution in [0.25, 0.3) is 0 Å². The molecule has 0 aromatic heterocycles. The van der Waals surface area contributed by atoms with Gasteiger partial charge in [-0.2, -0.15) is 0 Å². The van der Waals surface area contributed by atoms with Crippen molar-refractivity contribution in [1.29, 1.82) is 0 Å². The fraction of sp³-hybridized carbons (Fsp3) is 0.647. The van der Waals surface area contributed by atoms with E-state index in [2.05, 4.69) is 53.3 Å². The van der Waals surface area contributed by atoms with Gasteiger partial charge in [-0.05, 0) is 51.4 Å². The maximum atomic E-state index is 3.79. The van der Waals surface area contributed by atoms with Crippen molar-refractivity contribution in [3.63, 3.8) is 0 Å². The first-order chi connectivity index (χ1) is 9.81. The molecule has 1 unspecified atom stereocenters. The summed E-state index contributed by atoms with van der Waals surface area (Å²) in [4.78, 5) is 3.89. The number of hydrogen-bond acceptors (Lipinski definition) is 3. The molecule has 1 saturated heterocycles. The summed E-state index contributed by atoms with van der Waals surface area (Å²) in [7, 11) is 2.23. The van der Waals surface area contributed by atoms with E-state index in [1.54, 1.807) is 0 Å².